The molecule has 0 aliphatic rings. The third-order valence-corrected chi connectivity index (χ3v) is 3.79. The van der Waals surface area contributed by atoms with Gasteiger partial charge in [0.25, 0.3) is 5.56 Å². The van der Waals surface area contributed by atoms with E-state index in [0.29, 0.717) is 17.3 Å². The number of amides is 1. The Bertz CT molecular complexity index is 924. The van der Waals surface area contributed by atoms with Crippen LogP contribution >= 0.6 is 11.6 Å². The Balaban J connectivity index is 1.71. The van der Waals surface area contributed by atoms with Gasteiger partial charge in [0, 0.05) is 35.6 Å². The molecule has 0 aliphatic carbocycles. The minimum atomic E-state index is -0.336. The van der Waals surface area contributed by atoms with Crippen molar-refractivity contribution >= 4 is 17.5 Å². The summed E-state index contributed by atoms with van der Waals surface area (Å²) in [6.07, 6.45) is 3.31. The summed E-state index contributed by atoms with van der Waals surface area (Å²) in [5.74, 6) is -0.292. The average Bonchev–Trinajstić information content (AvgIpc) is 2.63. The van der Waals surface area contributed by atoms with Crippen LogP contribution in [0.25, 0.3) is 11.3 Å². The zero-order chi connectivity index (χ0) is 17.6. The Hall–Kier alpha value is -2.99. The molecule has 3 rings (SSSR count). The number of nitrogens with one attached hydrogen (secondary N) is 1. The second-order valence-electron chi connectivity index (χ2n) is 5.35. The predicted octanol–water partition coefficient (Wildman–Crippen LogP) is 2.28. The summed E-state index contributed by atoms with van der Waals surface area (Å²) in [7, 11) is 0. The van der Waals surface area contributed by atoms with Crippen LogP contribution in [0, 0.1) is 0 Å². The first-order chi connectivity index (χ1) is 12.1. The van der Waals surface area contributed by atoms with Crippen LogP contribution in [0.15, 0.2) is 65.7 Å². The van der Waals surface area contributed by atoms with Crippen LogP contribution < -0.4 is 10.9 Å². The molecule has 25 heavy (non-hydrogen) atoms. The molecule has 0 radical (unpaired) electrons. The highest BCUT2D eigenvalue weighted by molar-refractivity contribution is 6.30. The number of hydrogen-bond donors (Lipinski definition) is 1. The second kappa shape index (κ2) is 7.72. The molecule has 0 saturated heterocycles. The molecule has 6 nitrogen and oxygen atoms in total. The number of rotatable bonds is 5. The number of aromatic nitrogens is 3. The van der Waals surface area contributed by atoms with Crippen LogP contribution in [-0.2, 0) is 17.9 Å². The number of carbonyl (C=O) groups excluding carboxylic acids is 1. The number of hydrogen-bond acceptors (Lipinski definition) is 4. The van der Waals surface area contributed by atoms with Crippen LogP contribution in [0.2, 0.25) is 5.02 Å². The van der Waals surface area contributed by atoms with Crippen molar-refractivity contribution in [3.8, 4) is 11.3 Å². The Kier molecular flexibility index (Phi) is 5.20. The third-order valence-electron chi connectivity index (χ3n) is 3.54. The first-order valence-electron chi connectivity index (χ1n) is 7.61. The van der Waals surface area contributed by atoms with Gasteiger partial charge >= 0.3 is 0 Å². The Morgan fingerprint density at radius 2 is 1.76 bits per heavy atom. The van der Waals surface area contributed by atoms with E-state index in [0.717, 1.165) is 15.8 Å². The molecule has 0 unspecified atom stereocenters. The summed E-state index contributed by atoms with van der Waals surface area (Å²) in [6, 6.07) is 13.7. The van der Waals surface area contributed by atoms with E-state index in [9.17, 15) is 9.59 Å². The number of carbonyl (C=O) groups is 1. The van der Waals surface area contributed by atoms with E-state index in [4.69, 9.17) is 11.6 Å². The van der Waals surface area contributed by atoms with E-state index in [1.54, 1.807) is 30.6 Å². The average molecular weight is 355 g/mol. The Morgan fingerprint density at radius 1 is 1.04 bits per heavy atom. The maximum absolute atomic E-state index is 12.1. The molecular weight excluding hydrogens is 340 g/mol. The standard InChI is InChI=1S/C18H15ClN4O2/c19-15-3-1-14(2-4-15)16-5-6-18(25)23(22-16)12-17(24)21-11-13-7-9-20-10-8-13/h1-10H,11-12H2,(H,21,24). The van der Waals surface area contributed by atoms with Gasteiger partial charge in [0.2, 0.25) is 5.91 Å². The SMILES string of the molecule is O=C(Cn1nc(-c2ccc(Cl)cc2)ccc1=O)NCc1ccncc1. The molecule has 0 bridgehead atoms. The van der Waals surface area contributed by atoms with Gasteiger partial charge in [0.05, 0.1) is 5.69 Å². The largest absolute Gasteiger partial charge is 0.350 e. The zero-order valence-electron chi connectivity index (χ0n) is 13.2. The third kappa shape index (κ3) is 4.51. The molecule has 0 fully saturated rings. The number of pyridine rings is 1. The van der Waals surface area contributed by atoms with Gasteiger partial charge in [-0.05, 0) is 35.9 Å². The van der Waals surface area contributed by atoms with Crippen LogP contribution in [0.4, 0.5) is 0 Å². The maximum atomic E-state index is 12.1. The summed E-state index contributed by atoms with van der Waals surface area (Å²) in [5.41, 5.74) is 2.00. The predicted molar refractivity (Wildman–Crippen MR) is 95.0 cm³/mol. The van der Waals surface area contributed by atoms with Crippen LogP contribution in [0.3, 0.4) is 0 Å². The lowest BCUT2D eigenvalue weighted by molar-refractivity contribution is -0.122. The van der Waals surface area contributed by atoms with E-state index in [2.05, 4.69) is 15.4 Å². The van der Waals surface area contributed by atoms with Gasteiger partial charge < -0.3 is 5.32 Å². The molecule has 1 aromatic carbocycles. The van der Waals surface area contributed by atoms with Crippen LogP contribution in [-0.4, -0.2) is 20.7 Å². The molecule has 1 amide bonds. The fourth-order valence-corrected chi connectivity index (χ4v) is 2.36. The highest BCUT2D eigenvalue weighted by atomic mass is 35.5. The first-order valence-corrected chi connectivity index (χ1v) is 7.99. The molecule has 0 aliphatic heterocycles. The molecule has 2 heterocycles. The molecule has 1 N–H and O–H groups in total. The number of nitrogens with zero attached hydrogens (tertiary/aromatic N) is 3. The molecule has 2 aromatic heterocycles. The summed E-state index contributed by atoms with van der Waals surface area (Å²) in [5, 5.41) is 7.63. The van der Waals surface area contributed by atoms with Crippen molar-refractivity contribution in [2.24, 2.45) is 0 Å². The smallest absolute Gasteiger partial charge is 0.267 e. The zero-order valence-corrected chi connectivity index (χ0v) is 14.0. The van der Waals surface area contributed by atoms with Crippen molar-refractivity contribution in [1.29, 1.82) is 0 Å². The molecule has 0 atom stereocenters. The van der Waals surface area contributed by atoms with Crippen molar-refractivity contribution in [2.75, 3.05) is 0 Å². The van der Waals surface area contributed by atoms with Gasteiger partial charge in [-0.2, -0.15) is 5.10 Å². The summed E-state index contributed by atoms with van der Waals surface area (Å²) in [4.78, 5) is 28.0. The monoisotopic (exact) mass is 354 g/mol. The molecule has 0 spiro atoms. The lowest BCUT2D eigenvalue weighted by Crippen LogP contribution is -2.33. The van der Waals surface area contributed by atoms with Gasteiger partial charge in [-0.1, -0.05) is 23.7 Å². The van der Waals surface area contributed by atoms with Gasteiger partial charge in [0.1, 0.15) is 6.54 Å². The highest BCUT2D eigenvalue weighted by Gasteiger charge is 2.08. The van der Waals surface area contributed by atoms with Crippen molar-refractivity contribution in [3.63, 3.8) is 0 Å². The van der Waals surface area contributed by atoms with Gasteiger partial charge in [0.15, 0.2) is 0 Å². The molecule has 126 valence electrons. The minimum absolute atomic E-state index is 0.147. The number of benzene rings is 1. The van der Waals surface area contributed by atoms with Gasteiger partial charge in [-0.15, -0.1) is 0 Å². The topological polar surface area (TPSA) is 76.9 Å². The van der Waals surface area contributed by atoms with E-state index in [1.165, 1.54) is 6.07 Å². The second-order valence-corrected chi connectivity index (χ2v) is 5.79. The molecule has 7 heteroatoms. The van der Waals surface area contributed by atoms with Crippen molar-refractivity contribution in [3.05, 3.63) is 81.9 Å². The van der Waals surface area contributed by atoms with Crippen LogP contribution in [0.5, 0.6) is 0 Å². The Labute approximate surface area is 149 Å². The quantitative estimate of drug-likeness (QED) is 0.762. The summed E-state index contributed by atoms with van der Waals surface area (Å²) < 4.78 is 1.14. The lowest BCUT2D eigenvalue weighted by atomic mass is 10.1. The van der Waals surface area contributed by atoms with Gasteiger partial charge in [-0.25, -0.2) is 4.68 Å². The van der Waals surface area contributed by atoms with Crippen molar-refractivity contribution in [2.45, 2.75) is 13.1 Å². The summed E-state index contributed by atoms with van der Waals surface area (Å²) in [6.45, 7) is 0.221. The van der Waals surface area contributed by atoms with Crippen molar-refractivity contribution in [1.82, 2.24) is 20.1 Å². The fourth-order valence-electron chi connectivity index (χ4n) is 2.23. The first kappa shape index (κ1) is 16.9. The summed E-state index contributed by atoms with van der Waals surface area (Å²) >= 11 is 5.88. The number of halogens is 1. The normalized spacial score (nSPS) is 10.4. The Morgan fingerprint density at radius 3 is 2.48 bits per heavy atom. The van der Waals surface area contributed by atoms with Gasteiger partial charge in [-0.3, -0.25) is 14.6 Å². The van der Waals surface area contributed by atoms with E-state index in [-0.39, 0.29) is 18.0 Å². The van der Waals surface area contributed by atoms with E-state index >= 15 is 0 Å². The van der Waals surface area contributed by atoms with Crippen molar-refractivity contribution < 1.29 is 4.79 Å². The highest BCUT2D eigenvalue weighted by Crippen LogP contribution is 2.18. The van der Waals surface area contributed by atoms with Crippen LogP contribution in [0.1, 0.15) is 5.56 Å². The lowest BCUT2D eigenvalue weighted by Gasteiger charge is -2.08. The minimum Gasteiger partial charge on any atom is -0.350 e. The maximum Gasteiger partial charge on any atom is 0.267 e. The van der Waals surface area contributed by atoms with E-state index in [1.807, 2.05) is 24.3 Å². The molecular formula is C18H15ClN4O2. The fraction of sp³-hybridized carbons (Fsp3) is 0.111. The van der Waals surface area contributed by atoms with E-state index < -0.39 is 0 Å². The molecule has 3 aromatic rings. The molecule has 0 saturated carbocycles.